The van der Waals surface area contributed by atoms with E-state index >= 15 is 0 Å². The Labute approximate surface area is 195 Å². The Hall–Kier alpha value is -3.55. The van der Waals surface area contributed by atoms with Crippen molar-refractivity contribution in [3.05, 3.63) is 98.3 Å². The number of amides is 2. The SMILES string of the molecule is Cc1nc(C)c(C(=O)N/N=C\c2ccccc2Cl)cc1C(=O)N/N=C\c1ccccc1Cl. The van der Waals surface area contributed by atoms with Crippen LogP contribution in [-0.4, -0.2) is 29.2 Å². The number of benzene rings is 2. The van der Waals surface area contributed by atoms with Crippen LogP contribution in [0, 0.1) is 13.8 Å². The average Bonchev–Trinajstić information content (AvgIpc) is 2.76. The lowest BCUT2D eigenvalue weighted by Crippen LogP contribution is -2.23. The molecular weight excluding hydrogens is 449 g/mol. The molecule has 0 unspecified atom stereocenters. The van der Waals surface area contributed by atoms with Gasteiger partial charge in [0.15, 0.2) is 0 Å². The van der Waals surface area contributed by atoms with Crippen molar-refractivity contribution >= 4 is 47.4 Å². The molecule has 32 heavy (non-hydrogen) atoms. The maximum absolute atomic E-state index is 12.6. The van der Waals surface area contributed by atoms with E-state index in [1.54, 1.807) is 50.2 Å². The summed E-state index contributed by atoms with van der Waals surface area (Å²) in [6.07, 6.45) is 2.88. The van der Waals surface area contributed by atoms with Gasteiger partial charge >= 0.3 is 0 Å². The highest BCUT2D eigenvalue weighted by molar-refractivity contribution is 6.33. The number of aryl methyl sites for hydroxylation is 2. The molecule has 162 valence electrons. The van der Waals surface area contributed by atoms with Crippen LogP contribution in [0.4, 0.5) is 0 Å². The Morgan fingerprint density at radius 2 is 1.19 bits per heavy atom. The van der Waals surface area contributed by atoms with Crippen molar-refractivity contribution in [2.24, 2.45) is 10.2 Å². The predicted octanol–water partition coefficient (Wildman–Crippen LogP) is 4.53. The number of pyridine rings is 1. The lowest BCUT2D eigenvalue weighted by molar-refractivity contribution is 0.0954. The fourth-order valence-electron chi connectivity index (χ4n) is 2.79. The zero-order valence-corrected chi connectivity index (χ0v) is 18.8. The molecule has 1 aromatic heterocycles. The van der Waals surface area contributed by atoms with Gasteiger partial charge in [-0.15, -0.1) is 0 Å². The fraction of sp³-hybridized carbons (Fsp3) is 0.0870. The smallest absolute Gasteiger partial charge is 0.267 e. The van der Waals surface area contributed by atoms with Crippen molar-refractivity contribution in [3.63, 3.8) is 0 Å². The summed E-state index contributed by atoms with van der Waals surface area (Å²) in [4.78, 5) is 29.5. The number of hydrogen-bond acceptors (Lipinski definition) is 5. The number of rotatable bonds is 6. The van der Waals surface area contributed by atoms with Crippen molar-refractivity contribution < 1.29 is 9.59 Å². The minimum absolute atomic E-state index is 0.215. The highest BCUT2D eigenvalue weighted by Gasteiger charge is 2.17. The van der Waals surface area contributed by atoms with Gasteiger partial charge in [0.2, 0.25) is 0 Å². The van der Waals surface area contributed by atoms with Crippen molar-refractivity contribution in [1.82, 2.24) is 15.8 Å². The summed E-state index contributed by atoms with van der Waals surface area (Å²) in [6.45, 7) is 3.36. The third-order valence-electron chi connectivity index (χ3n) is 4.44. The lowest BCUT2D eigenvalue weighted by Gasteiger charge is -2.09. The first kappa shape index (κ1) is 23.1. The molecule has 0 atom stereocenters. The molecule has 0 aliphatic heterocycles. The molecule has 2 N–H and O–H groups in total. The van der Waals surface area contributed by atoms with Crippen LogP contribution in [0.25, 0.3) is 0 Å². The summed E-state index contributed by atoms with van der Waals surface area (Å²) in [5.41, 5.74) is 7.52. The maximum atomic E-state index is 12.6. The predicted molar refractivity (Wildman–Crippen MR) is 127 cm³/mol. The highest BCUT2D eigenvalue weighted by atomic mass is 35.5. The van der Waals surface area contributed by atoms with Crippen LogP contribution >= 0.6 is 23.2 Å². The van der Waals surface area contributed by atoms with Gasteiger partial charge in [0.05, 0.1) is 34.9 Å². The van der Waals surface area contributed by atoms with Crippen LogP contribution in [0.2, 0.25) is 10.0 Å². The molecule has 0 aliphatic carbocycles. The van der Waals surface area contributed by atoms with E-state index < -0.39 is 11.8 Å². The molecule has 0 radical (unpaired) electrons. The molecule has 2 amide bonds. The zero-order chi connectivity index (χ0) is 23.1. The van der Waals surface area contributed by atoms with Gasteiger partial charge in [-0.05, 0) is 32.0 Å². The fourth-order valence-corrected chi connectivity index (χ4v) is 3.15. The molecule has 0 saturated heterocycles. The molecule has 2 aromatic carbocycles. The van der Waals surface area contributed by atoms with Crippen LogP contribution in [0.15, 0.2) is 64.8 Å². The van der Waals surface area contributed by atoms with Crippen LogP contribution in [0.5, 0.6) is 0 Å². The van der Waals surface area contributed by atoms with E-state index in [9.17, 15) is 9.59 Å². The summed E-state index contributed by atoms with van der Waals surface area (Å²) < 4.78 is 0. The summed E-state index contributed by atoms with van der Waals surface area (Å²) in [6, 6.07) is 15.6. The topological polar surface area (TPSA) is 95.8 Å². The van der Waals surface area contributed by atoms with Crippen molar-refractivity contribution in [2.45, 2.75) is 13.8 Å². The number of hydrazone groups is 2. The Morgan fingerprint density at radius 1 is 0.781 bits per heavy atom. The Kier molecular flexibility index (Phi) is 7.70. The number of nitrogens with zero attached hydrogens (tertiary/aromatic N) is 3. The van der Waals surface area contributed by atoms with Gasteiger partial charge < -0.3 is 0 Å². The summed E-state index contributed by atoms with van der Waals surface area (Å²) in [7, 11) is 0. The van der Waals surface area contributed by atoms with E-state index in [0.717, 1.165) is 0 Å². The maximum Gasteiger partial charge on any atom is 0.273 e. The van der Waals surface area contributed by atoms with Gasteiger partial charge in [0, 0.05) is 21.2 Å². The number of hydrogen-bond donors (Lipinski definition) is 2. The minimum atomic E-state index is -0.507. The molecule has 0 bridgehead atoms. The molecule has 3 rings (SSSR count). The molecule has 0 saturated carbocycles. The summed E-state index contributed by atoms with van der Waals surface area (Å²) in [5.74, 6) is -1.01. The van der Waals surface area contributed by atoms with Crippen LogP contribution in [0.3, 0.4) is 0 Å². The molecule has 0 aliphatic rings. The van der Waals surface area contributed by atoms with E-state index in [0.29, 0.717) is 32.6 Å². The van der Waals surface area contributed by atoms with E-state index in [-0.39, 0.29) is 11.1 Å². The molecular formula is C23H19Cl2N5O2. The van der Waals surface area contributed by atoms with Crippen LogP contribution in [-0.2, 0) is 0 Å². The molecule has 1 heterocycles. The van der Waals surface area contributed by atoms with E-state index in [4.69, 9.17) is 23.2 Å². The third-order valence-corrected chi connectivity index (χ3v) is 5.13. The zero-order valence-electron chi connectivity index (χ0n) is 17.3. The van der Waals surface area contributed by atoms with E-state index in [2.05, 4.69) is 26.0 Å². The first-order valence-corrected chi connectivity index (χ1v) is 10.3. The van der Waals surface area contributed by atoms with Gasteiger partial charge in [-0.2, -0.15) is 10.2 Å². The first-order valence-electron chi connectivity index (χ1n) is 9.51. The average molecular weight is 468 g/mol. The van der Waals surface area contributed by atoms with E-state index in [1.807, 2.05) is 12.1 Å². The number of aromatic nitrogens is 1. The lowest BCUT2D eigenvalue weighted by atomic mass is 10.1. The second-order valence-electron chi connectivity index (χ2n) is 6.70. The van der Waals surface area contributed by atoms with Crippen molar-refractivity contribution in [3.8, 4) is 0 Å². The normalized spacial score (nSPS) is 11.1. The van der Waals surface area contributed by atoms with Gasteiger partial charge in [0.1, 0.15) is 0 Å². The third kappa shape index (κ3) is 5.78. The number of nitrogens with one attached hydrogen (secondary N) is 2. The quantitative estimate of drug-likeness (QED) is 0.411. The molecule has 0 fully saturated rings. The summed E-state index contributed by atoms with van der Waals surface area (Å²) >= 11 is 12.1. The van der Waals surface area contributed by atoms with Gasteiger partial charge in [-0.3, -0.25) is 14.6 Å². The number of carbonyl (C=O) groups is 2. The Bertz CT molecular complexity index is 1130. The monoisotopic (exact) mass is 467 g/mol. The second-order valence-corrected chi connectivity index (χ2v) is 7.51. The molecule has 7 nitrogen and oxygen atoms in total. The van der Waals surface area contributed by atoms with Crippen molar-refractivity contribution in [2.75, 3.05) is 0 Å². The van der Waals surface area contributed by atoms with E-state index in [1.165, 1.54) is 18.5 Å². The minimum Gasteiger partial charge on any atom is -0.267 e. The van der Waals surface area contributed by atoms with Gasteiger partial charge in [0.25, 0.3) is 11.8 Å². The molecule has 9 heteroatoms. The van der Waals surface area contributed by atoms with Gasteiger partial charge in [-0.25, -0.2) is 10.9 Å². The Balaban J connectivity index is 1.73. The van der Waals surface area contributed by atoms with Crippen LogP contribution in [0.1, 0.15) is 43.2 Å². The molecule has 0 spiro atoms. The summed E-state index contributed by atoms with van der Waals surface area (Å²) in [5, 5.41) is 8.89. The largest absolute Gasteiger partial charge is 0.273 e. The Morgan fingerprint density at radius 3 is 1.59 bits per heavy atom. The second kappa shape index (κ2) is 10.7. The standard InChI is InChI=1S/C23H19Cl2N5O2/c1-14-18(22(31)29-26-12-16-7-3-5-9-20(16)24)11-19(15(2)28-14)23(32)30-27-13-17-8-4-6-10-21(17)25/h3-13H,1-2H3,(H,29,31)(H,30,32)/b26-12-,27-13-. The first-order chi connectivity index (χ1) is 15.4. The molecule has 3 aromatic rings. The number of halogens is 2. The highest BCUT2D eigenvalue weighted by Crippen LogP contribution is 2.15. The van der Waals surface area contributed by atoms with Crippen molar-refractivity contribution in [1.29, 1.82) is 0 Å². The van der Waals surface area contributed by atoms with Crippen LogP contribution < -0.4 is 10.9 Å². The number of carbonyl (C=O) groups excluding carboxylic acids is 2. The van der Waals surface area contributed by atoms with Gasteiger partial charge in [-0.1, -0.05) is 59.6 Å².